The molecule has 0 bridgehead atoms. The van der Waals surface area contributed by atoms with Crippen LogP contribution in [0.15, 0.2) is 27.6 Å². The van der Waals surface area contributed by atoms with Gasteiger partial charge >= 0.3 is 0 Å². The minimum absolute atomic E-state index is 0.0724. The van der Waals surface area contributed by atoms with Crippen molar-refractivity contribution in [1.82, 2.24) is 14.4 Å². The van der Waals surface area contributed by atoms with Crippen LogP contribution in [0.25, 0.3) is 0 Å². The van der Waals surface area contributed by atoms with Crippen molar-refractivity contribution in [2.45, 2.75) is 25.2 Å². The fourth-order valence-corrected chi connectivity index (χ4v) is 4.70. The lowest BCUT2D eigenvalue weighted by Crippen LogP contribution is -2.50. The van der Waals surface area contributed by atoms with Crippen molar-refractivity contribution in [2.75, 3.05) is 26.2 Å². The van der Waals surface area contributed by atoms with Crippen LogP contribution in [-0.2, 0) is 16.4 Å². The van der Waals surface area contributed by atoms with Gasteiger partial charge in [-0.05, 0) is 31.5 Å². The Kier molecular flexibility index (Phi) is 5.55. The summed E-state index contributed by atoms with van der Waals surface area (Å²) in [6.07, 6.45) is 0.568. The van der Waals surface area contributed by atoms with Crippen LogP contribution in [-0.4, -0.2) is 54.9 Å². The second-order valence-corrected chi connectivity index (χ2v) is 8.53. The van der Waals surface area contributed by atoms with Crippen LogP contribution in [0.4, 0.5) is 4.39 Å². The number of rotatable bonds is 4. The van der Waals surface area contributed by atoms with Crippen LogP contribution in [0, 0.1) is 12.7 Å². The van der Waals surface area contributed by atoms with E-state index in [1.54, 1.807) is 11.8 Å². The average molecular weight is 416 g/mol. The molecule has 146 valence electrons. The number of hydrogen-bond donors (Lipinski definition) is 0. The summed E-state index contributed by atoms with van der Waals surface area (Å²) >= 11 is 5.70. The fraction of sp³-hybridized carbons (Fsp3) is 0.412. The molecule has 7 nitrogen and oxygen atoms in total. The maximum Gasteiger partial charge on any atom is 0.259 e. The van der Waals surface area contributed by atoms with E-state index in [1.165, 1.54) is 10.4 Å². The number of carbonyl (C=O) groups excluding carboxylic acids is 1. The number of sulfonamides is 1. The molecule has 10 heteroatoms. The first kappa shape index (κ1) is 19.8. The van der Waals surface area contributed by atoms with Crippen molar-refractivity contribution in [3.8, 4) is 0 Å². The van der Waals surface area contributed by atoms with Crippen molar-refractivity contribution in [3.63, 3.8) is 0 Å². The third-order valence-corrected chi connectivity index (χ3v) is 6.72. The molecule has 0 radical (unpaired) electrons. The van der Waals surface area contributed by atoms with Gasteiger partial charge in [0.15, 0.2) is 0 Å². The molecule has 1 aliphatic rings. The number of piperazine rings is 1. The molecule has 1 saturated heterocycles. The zero-order chi connectivity index (χ0) is 19.8. The standard InChI is InChI=1S/C17H19ClFN3O4S/c1-3-15-16(11(2)26-20-15)17(23)21-6-8-22(9-7-21)27(24,25)12-4-5-14(19)13(18)10-12/h4-5,10H,3,6-9H2,1-2H3. The third kappa shape index (κ3) is 3.71. The van der Waals surface area contributed by atoms with E-state index >= 15 is 0 Å². The number of carbonyl (C=O) groups is 1. The first-order valence-electron chi connectivity index (χ1n) is 8.45. The maximum atomic E-state index is 13.3. The molecule has 1 amide bonds. The summed E-state index contributed by atoms with van der Waals surface area (Å²) in [5, 5.41) is 3.64. The van der Waals surface area contributed by atoms with E-state index < -0.39 is 15.8 Å². The Hall–Kier alpha value is -1.97. The largest absolute Gasteiger partial charge is 0.361 e. The van der Waals surface area contributed by atoms with Gasteiger partial charge in [-0.25, -0.2) is 12.8 Å². The predicted molar refractivity (Wildman–Crippen MR) is 96.7 cm³/mol. The minimum atomic E-state index is -3.81. The van der Waals surface area contributed by atoms with Crippen LogP contribution < -0.4 is 0 Å². The number of aryl methyl sites for hydroxylation is 2. The normalized spacial score (nSPS) is 15.9. The van der Waals surface area contributed by atoms with E-state index in [2.05, 4.69) is 5.16 Å². The monoisotopic (exact) mass is 415 g/mol. The van der Waals surface area contributed by atoms with E-state index in [0.29, 0.717) is 23.4 Å². The van der Waals surface area contributed by atoms with Crippen LogP contribution >= 0.6 is 11.6 Å². The Balaban J connectivity index is 1.74. The molecule has 0 N–H and O–H groups in total. The number of aromatic nitrogens is 1. The summed E-state index contributed by atoms with van der Waals surface area (Å²) in [5.41, 5.74) is 1.03. The number of halogens is 2. The van der Waals surface area contributed by atoms with Gasteiger partial charge in [0.2, 0.25) is 10.0 Å². The molecule has 2 aromatic rings. The molecular weight excluding hydrogens is 397 g/mol. The summed E-state index contributed by atoms with van der Waals surface area (Å²) in [6.45, 7) is 4.30. The van der Waals surface area contributed by atoms with Gasteiger partial charge in [0.05, 0.1) is 15.6 Å². The molecule has 3 rings (SSSR count). The number of amides is 1. The zero-order valence-electron chi connectivity index (χ0n) is 14.9. The summed E-state index contributed by atoms with van der Waals surface area (Å²) in [6, 6.07) is 3.30. The van der Waals surface area contributed by atoms with Crippen LogP contribution in [0.2, 0.25) is 5.02 Å². The first-order valence-corrected chi connectivity index (χ1v) is 10.3. The van der Waals surface area contributed by atoms with Crippen LogP contribution in [0.3, 0.4) is 0 Å². The Bertz CT molecular complexity index is 969. The second kappa shape index (κ2) is 7.57. The molecule has 0 spiro atoms. The Labute approximate surface area is 161 Å². The molecule has 1 fully saturated rings. The zero-order valence-corrected chi connectivity index (χ0v) is 16.5. The SMILES string of the molecule is CCc1noc(C)c1C(=O)N1CCN(S(=O)(=O)c2ccc(F)c(Cl)c2)CC1. The summed E-state index contributed by atoms with van der Waals surface area (Å²) in [7, 11) is -3.81. The van der Waals surface area contributed by atoms with Crippen molar-refractivity contribution in [3.05, 3.63) is 46.1 Å². The van der Waals surface area contributed by atoms with Crippen LogP contribution in [0.5, 0.6) is 0 Å². The number of nitrogens with zero attached hydrogens (tertiary/aromatic N) is 3. The summed E-state index contributed by atoms with van der Waals surface area (Å²) < 4.78 is 45.1. The fourth-order valence-electron chi connectivity index (χ4n) is 3.01. The Morgan fingerprint density at radius 1 is 1.30 bits per heavy atom. The highest BCUT2D eigenvalue weighted by Gasteiger charge is 2.32. The molecule has 0 saturated carbocycles. The van der Waals surface area contributed by atoms with Gasteiger partial charge in [0.1, 0.15) is 17.1 Å². The molecule has 0 unspecified atom stereocenters. The number of benzene rings is 1. The first-order chi connectivity index (χ1) is 12.8. The number of hydrogen-bond acceptors (Lipinski definition) is 5. The van der Waals surface area contributed by atoms with Gasteiger partial charge in [-0.15, -0.1) is 0 Å². The van der Waals surface area contributed by atoms with E-state index in [1.807, 2.05) is 6.92 Å². The van der Waals surface area contributed by atoms with Crippen LogP contribution in [0.1, 0.15) is 28.7 Å². The maximum absolute atomic E-state index is 13.3. The molecule has 1 aromatic carbocycles. The lowest BCUT2D eigenvalue weighted by atomic mass is 10.1. The highest BCUT2D eigenvalue weighted by molar-refractivity contribution is 7.89. The predicted octanol–water partition coefficient (Wildman–Crippen LogP) is 2.48. The highest BCUT2D eigenvalue weighted by Crippen LogP contribution is 2.24. The summed E-state index contributed by atoms with van der Waals surface area (Å²) in [5.74, 6) is -0.442. The van der Waals surface area contributed by atoms with E-state index in [-0.39, 0.29) is 42.0 Å². The van der Waals surface area contributed by atoms with Gasteiger partial charge in [-0.2, -0.15) is 4.31 Å². The third-order valence-electron chi connectivity index (χ3n) is 4.54. The average Bonchev–Trinajstić information content (AvgIpc) is 3.04. The van der Waals surface area contributed by atoms with Crippen molar-refractivity contribution >= 4 is 27.5 Å². The molecule has 27 heavy (non-hydrogen) atoms. The van der Waals surface area contributed by atoms with E-state index in [0.717, 1.165) is 12.1 Å². The molecule has 0 atom stereocenters. The quantitative estimate of drug-likeness (QED) is 0.766. The molecule has 1 aliphatic heterocycles. The van der Waals surface area contributed by atoms with Crippen molar-refractivity contribution in [1.29, 1.82) is 0 Å². The Morgan fingerprint density at radius 3 is 2.56 bits per heavy atom. The molecule has 1 aromatic heterocycles. The second-order valence-electron chi connectivity index (χ2n) is 6.19. The minimum Gasteiger partial charge on any atom is -0.361 e. The van der Waals surface area contributed by atoms with Crippen molar-refractivity contribution < 1.29 is 22.1 Å². The van der Waals surface area contributed by atoms with Gasteiger partial charge in [0, 0.05) is 26.2 Å². The molecule has 2 heterocycles. The topological polar surface area (TPSA) is 83.7 Å². The van der Waals surface area contributed by atoms with Gasteiger partial charge in [0.25, 0.3) is 5.91 Å². The molecular formula is C17H19ClFN3O4S. The van der Waals surface area contributed by atoms with Gasteiger partial charge in [-0.1, -0.05) is 23.7 Å². The van der Waals surface area contributed by atoms with Crippen molar-refractivity contribution in [2.24, 2.45) is 0 Å². The smallest absolute Gasteiger partial charge is 0.259 e. The van der Waals surface area contributed by atoms with Gasteiger partial charge in [-0.3, -0.25) is 4.79 Å². The van der Waals surface area contributed by atoms with Gasteiger partial charge < -0.3 is 9.42 Å². The lowest BCUT2D eigenvalue weighted by molar-refractivity contribution is 0.0695. The lowest BCUT2D eigenvalue weighted by Gasteiger charge is -2.34. The Morgan fingerprint density at radius 2 is 1.96 bits per heavy atom. The van der Waals surface area contributed by atoms with E-state index in [4.69, 9.17) is 16.1 Å². The molecule has 0 aliphatic carbocycles. The van der Waals surface area contributed by atoms with E-state index in [9.17, 15) is 17.6 Å². The highest BCUT2D eigenvalue weighted by atomic mass is 35.5. The summed E-state index contributed by atoms with van der Waals surface area (Å²) in [4.78, 5) is 14.3.